The summed E-state index contributed by atoms with van der Waals surface area (Å²) in [6.07, 6.45) is 4.53. The summed E-state index contributed by atoms with van der Waals surface area (Å²) in [7, 11) is 0. The van der Waals surface area contributed by atoms with E-state index in [2.05, 4.69) is 21.2 Å². The minimum absolute atomic E-state index is 0.0166. The lowest BCUT2D eigenvalue weighted by molar-refractivity contribution is -0.175. The third-order valence-corrected chi connectivity index (χ3v) is 6.43. The summed E-state index contributed by atoms with van der Waals surface area (Å²) >= 11 is 3.40. The van der Waals surface area contributed by atoms with Crippen LogP contribution in [-0.2, 0) is 14.3 Å². The molecule has 0 aromatic heterocycles. The summed E-state index contributed by atoms with van der Waals surface area (Å²) in [6.45, 7) is 2.69. The molecule has 2 fully saturated rings. The molecule has 1 aliphatic heterocycles. The Morgan fingerprint density at radius 1 is 1.46 bits per heavy atom. The van der Waals surface area contributed by atoms with Crippen molar-refractivity contribution in [3.63, 3.8) is 0 Å². The van der Waals surface area contributed by atoms with Gasteiger partial charge in [-0.25, -0.2) is 0 Å². The Morgan fingerprint density at radius 3 is 2.96 bits per heavy atom. The molecule has 2 aliphatic carbocycles. The van der Waals surface area contributed by atoms with E-state index in [-0.39, 0.29) is 42.5 Å². The number of carbonyl (C=O) groups is 2. The molecule has 1 aromatic carbocycles. The van der Waals surface area contributed by atoms with Crippen LogP contribution in [0.1, 0.15) is 32.6 Å². The van der Waals surface area contributed by atoms with E-state index < -0.39 is 0 Å². The molecule has 4 rings (SSSR count). The minimum Gasteiger partial charge on any atom is -0.482 e. The Balaban J connectivity index is 1.42. The minimum atomic E-state index is -0.200. The fraction of sp³-hybridized carbons (Fsp3) is 0.579. The van der Waals surface area contributed by atoms with E-state index in [1.165, 1.54) is 11.3 Å². The fourth-order valence-corrected chi connectivity index (χ4v) is 4.72. The van der Waals surface area contributed by atoms with Crippen LogP contribution in [0.4, 0.5) is 5.69 Å². The first-order chi connectivity index (χ1) is 12.5. The zero-order valence-corrected chi connectivity index (χ0v) is 16.4. The van der Waals surface area contributed by atoms with Crippen molar-refractivity contribution in [1.29, 1.82) is 0 Å². The van der Waals surface area contributed by atoms with E-state index in [0.29, 0.717) is 18.0 Å². The molecule has 0 bridgehead atoms. The molecule has 1 heterocycles. The van der Waals surface area contributed by atoms with Gasteiger partial charge in [-0.15, -0.1) is 0 Å². The van der Waals surface area contributed by atoms with Crippen molar-refractivity contribution in [2.24, 2.45) is 5.41 Å². The summed E-state index contributed by atoms with van der Waals surface area (Å²) in [5.41, 5.74) is 0.752. The summed E-state index contributed by atoms with van der Waals surface area (Å²) in [5.74, 6) is 0.289. The van der Waals surface area contributed by atoms with Gasteiger partial charge in [0.2, 0.25) is 5.91 Å². The molecule has 0 saturated heterocycles. The van der Waals surface area contributed by atoms with E-state index >= 15 is 0 Å². The van der Waals surface area contributed by atoms with Gasteiger partial charge in [0.25, 0.3) is 5.91 Å². The predicted octanol–water partition coefficient (Wildman–Crippen LogP) is 2.64. The molecule has 7 heteroatoms. The van der Waals surface area contributed by atoms with E-state index in [4.69, 9.17) is 9.47 Å². The number of carbonyl (C=O) groups excluding carboxylic acids is 2. The van der Waals surface area contributed by atoms with E-state index in [0.717, 1.165) is 23.7 Å². The van der Waals surface area contributed by atoms with Gasteiger partial charge in [0.15, 0.2) is 6.61 Å². The highest BCUT2D eigenvalue weighted by atomic mass is 79.9. The van der Waals surface area contributed by atoms with Gasteiger partial charge >= 0.3 is 0 Å². The van der Waals surface area contributed by atoms with Crippen LogP contribution in [0.15, 0.2) is 22.7 Å². The van der Waals surface area contributed by atoms with E-state index in [9.17, 15) is 9.59 Å². The van der Waals surface area contributed by atoms with Crippen LogP contribution in [0.2, 0.25) is 0 Å². The van der Waals surface area contributed by atoms with Crippen LogP contribution in [-0.4, -0.2) is 43.7 Å². The molecule has 2 atom stereocenters. The summed E-state index contributed by atoms with van der Waals surface area (Å²) < 4.78 is 12.2. The molecular formula is C19H23BrN2O4. The molecule has 6 nitrogen and oxygen atoms in total. The van der Waals surface area contributed by atoms with Gasteiger partial charge in [0.1, 0.15) is 12.3 Å². The summed E-state index contributed by atoms with van der Waals surface area (Å²) in [5, 5.41) is 3.14. The zero-order chi connectivity index (χ0) is 18.3. The number of benzene rings is 1. The Hall–Kier alpha value is -1.60. The summed E-state index contributed by atoms with van der Waals surface area (Å²) in [4.78, 5) is 26.4. The topological polar surface area (TPSA) is 67.9 Å². The molecule has 1 aromatic rings. The quantitative estimate of drug-likeness (QED) is 0.791. The Bertz CT molecular complexity index is 734. The van der Waals surface area contributed by atoms with Crippen molar-refractivity contribution >= 4 is 33.4 Å². The van der Waals surface area contributed by atoms with Crippen molar-refractivity contribution in [2.45, 2.75) is 44.8 Å². The summed E-state index contributed by atoms with van der Waals surface area (Å²) in [6, 6.07) is 5.61. The van der Waals surface area contributed by atoms with Gasteiger partial charge in [0.05, 0.1) is 11.8 Å². The van der Waals surface area contributed by atoms with Gasteiger partial charge < -0.3 is 14.8 Å². The van der Waals surface area contributed by atoms with Crippen molar-refractivity contribution in [2.75, 3.05) is 24.7 Å². The van der Waals surface area contributed by atoms with Crippen molar-refractivity contribution in [3.05, 3.63) is 22.7 Å². The molecular weight excluding hydrogens is 400 g/mol. The maximum absolute atomic E-state index is 12.6. The first-order valence-electron chi connectivity index (χ1n) is 9.17. The fourth-order valence-electron chi connectivity index (χ4n) is 4.38. The average Bonchev–Trinajstić information content (AvgIpc) is 2.55. The standard InChI is InChI=1S/C19H23BrN2O4/c1-2-25-16-9-15(19(16)6-3-7-19)21-17(23)10-22-13-5-4-12(20)8-14(13)26-11-18(22)24/h4-5,8,15-16H,2-3,6-7,9-11H2,1H3,(H,21,23)/t15-,16+/m0/s1. The maximum Gasteiger partial charge on any atom is 0.265 e. The van der Waals surface area contributed by atoms with Gasteiger partial charge in [-0.3, -0.25) is 14.5 Å². The molecule has 0 unspecified atom stereocenters. The van der Waals surface area contributed by atoms with Crippen LogP contribution >= 0.6 is 15.9 Å². The number of amides is 2. The molecule has 140 valence electrons. The largest absolute Gasteiger partial charge is 0.482 e. The third kappa shape index (κ3) is 2.91. The third-order valence-electron chi connectivity index (χ3n) is 5.94. The van der Waals surface area contributed by atoms with Crippen molar-refractivity contribution in [3.8, 4) is 5.75 Å². The predicted molar refractivity (Wildman–Crippen MR) is 100 cm³/mol. The number of fused-ring (bicyclic) bond motifs is 1. The van der Waals surface area contributed by atoms with Gasteiger partial charge in [0, 0.05) is 22.5 Å². The second-order valence-electron chi connectivity index (χ2n) is 7.27. The highest BCUT2D eigenvalue weighted by Gasteiger charge is 2.59. The molecule has 0 radical (unpaired) electrons. The van der Waals surface area contributed by atoms with Gasteiger partial charge in [-0.2, -0.15) is 0 Å². The first-order valence-corrected chi connectivity index (χ1v) is 9.96. The van der Waals surface area contributed by atoms with Crippen molar-refractivity contribution < 1.29 is 19.1 Å². The van der Waals surface area contributed by atoms with Crippen molar-refractivity contribution in [1.82, 2.24) is 5.32 Å². The van der Waals surface area contributed by atoms with Gasteiger partial charge in [-0.05, 0) is 44.4 Å². The van der Waals surface area contributed by atoms with Crippen LogP contribution in [0.5, 0.6) is 5.75 Å². The molecule has 2 amide bonds. The van der Waals surface area contributed by atoms with Crippen LogP contribution in [0.3, 0.4) is 0 Å². The zero-order valence-electron chi connectivity index (χ0n) is 14.8. The van der Waals surface area contributed by atoms with Gasteiger partial charge in [-0.1, -0.05) is 22.4 Å². The molecule has 2 saturated carbocycles. The molecule has 3 aliphatic rings. The Kier molecular flexibility index (Phi) is 4.69. The highest BCUT2D eigenvalue weighted by Crippen LogP contribution is 2.57. The number of halogens is 1. The number of anilines is 1. The number of rotatable bonds is 5. The van der Waals surface area contributed by atoms with E-state index in [1.807, 2.05) is 19.1 Å². The van der Waals surface area contributed by atoms with Crippen LogP contribution in [0, 0.1) is 5.41 Å². The molecule has 1 N–H and O–H groups in total. The smallest absolute Gasteiger partial charge is 0.265 e. The maximum atomic E-state index is 12.6. The Labute approximate surface area is 161 Å². The average molecular weight is 423 g/mol. The lowest BCUT2D eigenvalue weighted by Gasteiger charge is -2.61. The second kappa shape index (κ2) is 6.85. The number of hydrogen-bond acceptors (Lipinski definition) is 4. The van der Waals surface area contributed by atoms with Crippen LogP contribution < -0.4 is 15.0 Å². The lowest BCUT2D eigenvalue weighted by Crippen LogP contribution is -2.68. The monoisotopic (exact) mass is 422 g/mol. The Morgan fingerprint density at radius 2 is 2.27 bits per heavy atom. The number of hydrogen-bond donors (Lipinski definition) is 1. The number of nitrogens with zero attached hydrogens (tertiary/aromatic N) is 1. The second-order valence-corrected chi connectivity index (χ2v) is 8.18. The number of nitrogens with one attached hydrogen (secondary N) is 1. The SMILES string of the molecule is CCO[C@@H]1C[C@H](NC(=O)CN2C(=O)COc3cc(Br)ccc32)C12CCC2. The first kappa shape index (κ1) is 17.8. The highest BCUT2D eigenvalue weighted by molar-refractivity contribution is 9.10. The lowest BCUT2D eigenvalue weighted by atomic mass is 9.51. The van der Waals surface area contributed by atoms with E-state index in [1.54, 1.807) is 6.07 Å². The number of ether oxygens (including phenoxy) is 2. The molecule has 1 spiro atoms. The normalized spacial score (nSPS) is 25.8. The van der Waals surface area contributed by atoms with Crippen LogP contribution in [0.25, 0.3) is 0 Å². The molecule has 26 heavy (non-hydrogen) atoms.